The molecule has 0 aromatic carbocycles. The highest BCUT2D eigenvalue weighted by Crippen LogP contribution is 2.28. The molecule has 0 aromatic heterocycles. The number of nitrogens with zero attached hydrogens (tertiary/aromatic N) is 3. The van der Waals surface area contributed by atoms with Gasteiger partial charge < -0.3 is 5.11 Å². The van der Waals surface area contributed by atoms with Gasteiger partial charge in [0, 0.05) is 11.0 Å². The highest BCUT2D eigenvalue weighted by molar-refractivity contribution is 4.79. The molecule has 0 aromatic rings. The maximum absolute atomic E-state index is 9.29. The number of aliphatic hydroxyl groups is 1. The normalized spacial score (nSPS) is 32.2. The number of hydrogen-bond donors (Lipinski definition) is 1. The van der Waals surface area contributed by atoms with E-state index in [2.05, 4.69) is 10.0 Å². The van der Waals surface area contributed by atoms with E-state index in [1.165, 1.54) is 0 Å². The van der Waals surface area contributed by atoms with Crippen LogP contribution in [0.1, 0.15) is 32.6 Å². The lowest BCUT2D eigenvalue weighted by Crippen LogP contribution is -2.24. The molecule has 4 nitrogen and oxygen atoms in total. The SMILES string of the molecule is CC(O)C1CCC(N=[N+]=[N-])CC1. The second-order valence-corrected chi connectivity index (χ2v) is 3.51. The van der Waals surface area contributed by atoms with Crippen LogP contribution in [0, 0.1) is 5.92 Å². The first-order chi connectivity index (χ1) is 5.74. The smallest absolute Gasteiger partial charge is 0.0540 e. The molecule has 1 N–H and O–H groups in total. The first-order valence-electron chi connectivity index (χ1n) is 4.46. The Labute approximate surface area is 72.2 Å². The first-order valence-corrected chi connectivity index (χ1v) is 4.46. The number of azide groups is 1. The molecule has 0 spiro atoms. The van der Waals surface area contributed by atoms with Gasteiger partial charge in [0.25, 0.3) is 0 Å². The summed E-state index contributed by atoms with van der Waals surface area (Å²) < 4.78 is 0. The van der Waals surface area contributed by atoms with Gasteiger partial charge in [-0.15, -0.1) is 0 Å². The molecule has 1 unspecified atom stereocenters. The van der Waals surface area contributed by atoms with Crippen molar-refractivity contribution in [3.05, 3.63) is 10.4 Å². The van der Waals surface area contributed by atoms with Gasteiger partial charge in [0.05, 0.1) is 6.10 Å². The molecule has 0 heterocycles. The van der Waals surface area contributed by atoms with Crippen molar-refractivity contribution in [3.8, 4) is 0 Å². The summed E-state index contributed by atoms with van der Waals surface area (Å²) in [4.78, 5) is 2.79. The van der Waals surface area contributed by atoms with Gasteiger partial charge in [0.15, 0.2) is 0 Å². The Morgan fingerprint density at radius 1 is 1.42 bits per heavy atom. The van der Waals surface area contributed by atoms with Gasteiger partial charge in [-0.25, -0.2) is 0 Å². The monoisotopic (exact) mass is 169 g/mol. The van der Waals surface area contributed by atoms with Crippen LogP contribution < -0.4 is 0 Å². The molecule has 0 aliphatic heterocycles. The van der Waals surface area contributed by atoms with E-state index in [9.17, 15) is 5.11 Å². The quantitative estimate of drug-likeness (QED) is 0.384. The lowest BCUT2D eigenvalue weighted by molar-refractivity contribution is 0.0972. The molecule has 12 heavy (non-hydrogen) atoms. The van der Waals surface area contributed by atoms with E-state index in [-0.39, 0.29) is 12.1 Å². The first kappa shape index (κ1) is 9.36. The molecule has 0 saturated heterocycles. The third-order valence-electron chi connectivity index (χ3n) is 2.64. The van der Waals surface area contributed by atoms with Crippen LogP contribution in [0.2, 0.25) is 0 Å². The average molecular weight is 169 g/mol. The minimum atomic E-state index is -0.211. The Balaban J connectivity index is 2.34. The van der Waals surface area contributed by atoms with E-state index in [0.717, 1.165) is 25.7 Å². The lowest BCUT2D eigenvalue weighted by Gasteiger charge is -2.27. The zero-order chi connectivity index (χ0) is 8.97. The molecule has 1 aliphatic rings. The maximum atomic E-state index is 9.29. The van der Waals surface area contributed by atoms with Gasteiger partial charge in [-0.1, -0.05) is 5.11 Å². The van der Waals surface area contributed by atoms with E-state index < -0.39 is 0 Å². The van der Waals surface area contributed by atoms with E-state index in [4.69, 9.17) is 5.53 Å². The molecule has 0 bridgehead atoms. The van der Waals surface area contributed by atoms with E-state index in [1.54, 1.807) is 0 Å². The molecule has 0 amide bonds. The number of hydrogen-bond acceptors (Lipinski definition) is 2. The van der Waals surface area contributed by atoms with Crippen molar-refractivity contribution in [2.75, 3.05) is 0 Å². The summed E-state index contributed by atoms with van der Waals surface area (Å²) in [5.74, 6) is 0.412. The average Bonchev–Trinajstić information content (AvgIpc) is 2.06. The molecule has 1 aliphatic carbocycles. The predicted molar refractivity (Wildman–Crippen MR) is 46.6 cm³/mol. The van der Waals surface area contributed by atoms with Crippen LogP contribution in [0.4, 0.5) is 0 Å². The van der Waals surface area contributed by atoms with Crippen molar-refractivity contribution >= 4 is 0 Å². The Morgan fingerprint density at radius 2 is 2.00 bits per heavy atom. The minimum absolute atomic E-state index is 0.171. The topological polar surface area (TPSA) is 69.0 Å². The van der Waals surface area contributed by atoms with Crippen molar-refractivity contribution in [2.24, 2.45) is 11.0 Å². The molecular formula is C8H15N3O. The van der Waals surface area contributed by atoms with Crippen LogP contribution in [0.15, 0.2) is 5.11 Å². The largest absolute Gasteiger partial charge is 0.393 e. The lowest BCUT2D eigenvalue weighted by atomic mass is 9.83. The van der Waals surface area contributed by atoms with Crippen LogP contribution in [0.3, 0.4) is 0 Å². The van der Waals surface area contributed by atoms with E-state index in [1.807, 2.05) is 6.92 Å². The molecule has 1 fully saturated rings. The van der Waals surface area contributed by atoms with Crippen molar-refractivity contribution in [1.29, 1.82) is 0 Å². The summed E-state index contributed by atoms with van der Waals surface area (Å²) in [6, 6.07) is 0.171. The summed E-state index contributed by atoms with van der Waals surface area (Å²) in [5, 5.41) is 13.0. The summed E-state index contributed by atoms with van der Waals surface area (Å²) in [5.41, 5.74) is 8.20. The molecule has 1 rings (SSSR count). The van der Waals surface area contributed by atoms with Gasteiger partial charge in [0.1, 0.15) is 0 Å². The fourth-order valence-electron chi connectivity index (χ4n) is 1.77. The molecular weight excluding hydrogens is 154 g/mol. The maximum Gasteiger partial charge on any atom is 0.0540 e. The number of aliphatic hydroxyl groups excluding tert-OH is 1. The second-order valence-electron chi connectivity index (χ2n) is 3.51. The van der Waals surface area contributed by atoms with Gasteiger partial charge >= 0.3 is 0 Å². The van der Waals surface area contributed by atoms with E-state index >= 15 is 0 Å². The number of rotatable bonds is 2. The van der Waals surface area contributed by atoms with Crippen LogP contribution >= 0.6 is 0 Å². The summed E-state index contributed by atoms with van der Waals surface area (Å²) in [6.07, 6.45) is 3.62. The molecule has 1 saturated carbocycles. The van der Waals surface area contributed by atoms with Crippen molar-refractivity contribution < 1.29 is 5.11 Å². The van der Waals surface area contributed by atoms with Crippen molar-refractivity contribution in [2.45, 2.75) is 44.8 Å². The summed E-state index contributed by atoms with van der Waals surface area (Å²) in [6.45, 7) is 1.83. The molecule has 1 atom stereocenters. The minimum Gasteiger partial charge on any atom is -0.393 e. The fourth-order valence-corrected chi connectivity index (χ4v) is 1.77. The van der Waals surface area contributed by atoms with Gasteiger partial charge in [-0.05, 0) is 44.1 Å². The second kappa shape index (κ2) is 4.33. The van der Waals surface area contributed by atoms with Crippen LogP contribution in [-0.2, 0) is 0 Å². The standard InChI is InChI=1S/C8H15N3O/c1-6(12)7-2-4-8(5-3-7)10-11-9/h6-8,12H,2-5H2,1H3. The van der Waals surface area contributed by atoms with Gasteiger partial charge in [-0.2, -0.15) is 0 Å². The Morgan fingerprint density at radius 3 is 2.42 bits per heavy atom. The highest BCUT2D eigenvalue weighted by Gasteiger charge is 2.23. The Hall–Kier alpha value is -0.730. The fraction of sp³-hybridized carbons (Fsp3) is 1.00. The van der Waals surface area contributed by atoms with E-state index in [0.29, 0.717) is 5.92 Å². The molecule has 68 valence electrons. The Bertz CT molecular complexity index is 179. The predicted octanol–water partition coefficient (Wildman–Crippen LogP) is 2.24. The van der Waals surface area contributed by atoms with Gasteiger partial charge in [-0.3, -0.25) is 0 Å². The zero-order valence-electron chi connectivity index (χ0n) is 7.35. The van der Waals surface area contributed by atoms with Gasteiger partial charge in [0.2, 0.25) is 0 Å². The zero-order valence-corrected chi connectivity index (χ0v) is 7.35. The van der Waals surface area contributed by atoms with Crippen LogP contribution in [0.25, 0.3) is 10.4 Å². The summed E-state index contributed by atoms with van der Waals surface area (Å²) >= 11 is 0. The molecule has 4 heteroatoms. The Kier molecular flexibility index (Phi) is 3.38. The van der Waals surface area contributed by atoms with Crippen LogP contribution in [0.5, 0.6) is 0 Å². The highest BCUT2D eigenvalue weighted by atomic mass is 16.3. The third-order valence-corrected chi connectivity index (χ3v) is 2.64. The van der Waals surface area contributed by atoms with Crippen molar-refractivity contribution in [1.82, 2.24) is 0 Å². The molecule has 0 radical (unpaired) electrons. The summed E-state index contributed by atoms with van der Waals surface area (Å²) in [7, 11) is 0. The van der Waals surface area contributed by atoms with Crippen LogP contribution in [-0.4, -0.2) is 17.3 Å². The third kappa shape index (κ3) is 2.40. The van der Waals surface area contributed by atoms with Crippen molar-refractivity contribution in [3.63, 3.8) is 0 Å².